The molecular weight excluding hydrogens is 521 g/mol. The van der Waals surface area contributed by atoms with Crippen LogP contribution >= 0.6 is 23.5 Å². The van der Waals surface area contributed by atoms with Gasteiger partial charge in [-0.25, -0.2) is 0 Å². The third-order valence-electron chi connectivity index (χ3n) is 9.93. The molecule has 7 aliphatic rings. The van der Waals surface area contributed by atoms with Gasteiger partial charge in [0.15, 0.2) is 0 Å². The minimum absolute atomic E-state index is 0.455. The van der Waals surface area contributed by atoms with Gasteiger partial charge in [-0.15, -0.1) is 23.5 Å². The standard InChI is InChI=1S/C38H36S2/c1-3-13-25(14-4-1)27-19-12-24-34-36(27)37(30-18-8-9-22-32(30)39-34)35-29-17-7-10-23-33(29)40-38-28(20-11-21-31(35)38)26-15-5-2-6-16-26/h1-3,5-6,8-9,11-13,15-24,30-32,34-38H,4,7,10,14H2. The van der Waals surface area contributed by atoms with Gasteiger partial charge in [0, 0.05) is 32.5 Å². The van der Waals surface area contributed by atoms with Crippen molar-refractivity contribution in [1.29, 1.82) is 0 Å². The Morgan fingerprint density at radius 2 is 1.43 bits per heavy atom. The Hall–Kier alpha value is -2.68. The number of benzene rings is 1. The SMILES string of the molecule is C1=CCCC(C2=CC=CC3SC4C=CC=CC4C(C4C5=CCCC=C5SC5C(c6ccccc6)=CC=CC54)C23)=C1. The van der Waals surface area contributed by atoms with Gasteiger partial charge >= 0.3 is 0 Å². The first-order valence-corrected chi connectivity index (χ1v) is 16.9. The molecule has 200 valence electrons. The molecule has 0 nitrogen and oxygen atoms in total. The van der Waals surface area contributed by atoms with E-state index in [9.17, 15) is 0 Å². The topological polar surface area (TPSA) is 0 Å². The molecule has 2 heterocycles. The molecule has 0 aromatic heterocycles. The summed E-state index contributed by atoms with van der Waals surface area (Å²) in [6.07, 6.45) is 41.4. The highest BCUT2D eigenvalue weighted by molar-refractivity contribution is 8.04. The molecule has 0 bridgehead atoms. The van der Waals surface area contributed by atoms with Gasteiger partial charge in [0.25, 0.3) is 0 Å². The quantitative estimate of drug-likeness (QED) is 0.363. The van der Waals surface area contributed by atoms with Crippen molar-refractivity contribution < 1.29 is 0 Å². The average Bonchev–Trinajstić information content (AvgIpc) is 3.03. The van der Waals surface area contributed by atoms with Crippen molar-refractivity contribution in [2.75, 3.05) is 0 Å². The number of allylic oxidation sites excluding steroid dienone is 16. The maximum Gasteiger partial charge on any atom is 0.0419 e. The molecular formula is C38H36S2. The monoisotopic (exact) mass is 556 g/mol. The van der Waals surface area contributed by atoms with Crippen molar-refractivity contribution >= 4 is 29.1 Å². The molecule has 0 N–H and O–H groups in total. The van der Waals surface area contributed by atoms with Crippen molar-refractivity contribution in [3.63, 3.8) is 0 Å². The summed E-state index contributed by atoms with van der Waals surface area (Å²) in [7, 11) is 0. The Kier molecular flexibility index (Phi) is 6.65. The van der Waals surface area contributed by atoms with Gasteiger partial charge in [0.1, 0.15) is 0 Å². The predicted molar refractivity (Wildman–Crippen MR) is 175 cm³/mol. The first kappa shape index (κ1) is 25.1. The van der Waals surface area contributed by atoms with E-state index in [-0.39, 0.29) is 0 Å². The van der Waals surface area contributed by atoms with Crippen molar-refractivity contribution in [2.45, 2.75) is 41.4 Å². The summed E-state index contributed by atoms with van der Waals surface area (Å²) in [4.78, 5) is 1.56. The van der Waals surface area contributed by atoms with Crippen LogP contribution in [-0.2, 0) is 0 Å². The Bertz CT molecular complexity index is 1490. The first-order valence-electron chi connectivity index (χ1n) is 15.1. The van der Waals surface area contributed by atoms with Crippen LogP contribution in [0.4, 0.5) is 0 Å². The average molecular weight is 557 g/mol. The van der Waals surface area contributed by atoms with Gasteiger partial charge in [0.05, 0.1) is 0 Å². The Balaban J connectivity index is 1.28. The van der Waals surface area contributed by atoms with Crippen LogP contribution in [0.2, 0.25) is 0 Å². The van der Waals surface area contributed by atoms with Crippen LogP contribution < -0.4 is 0 Å². The molecule has 8 unspecified atom stereocenters. The number of rotatable bonds is 3. The summed E-state index contributed by atoms with van der Waals surface area (Å²) < 4.78 is 0. The summed E-state index contributed by atoms with van der Waals surface area (Å²) in [5.74, 6) is 2.63. The van der Waals surface area contributed by atoms with E-state index in [0.29, 0.717) is 45.3 Å². The summed E-state index contributed by atoms with van der Waals surface area (Å²) in [6, 6.07) is 11.2. The fourth-order valence-electron chi connectivity index (χ4n) is 8.30. The second kappa shape index (κ2) is 10.6. The van der Waals surface area contributed by atoms with Gasteiger partial charge < -0.3 is 0 Å². The molecule has 5 aliphatic carbocycles. The second-order valence-electron chi connectivity index (χ2n) is 12.0. The molecule has 0 saturated carbocycles. The molecule has 8 rings (SSSR count). The van der Waals surface area contributed by atoms with E-state index in [1.807, 2.05) is 0 Å². The smallest absolute Gasteiger partial charge is 0.0419 e. The van der Waals surface area contributed by atoms with Crippen LogP contribution in [0.15, 0.2) is 143 Å². The molecule has 2 heteroatoms. The second-order valence-corrected chi connectivity index (χ2v) is 14.5. The Labute approximate surface area is 247 Å². The lowest BCUT2D eigenvalue weighted by Gasteiger charge is -2.55. The Morgan fingerprint density at radius 1 is 0.625 bits per heavy atom. The Morgan fingerprint density at radius 3 is 2.33 bits per heavy atom. The van der Waals surface area contributed by atoms with Gasteiger partial charge in [-0.2, -0.15) is 0 Å². The zero-order valence-corrected chi connectivity index (χ0v) is 24.4. The minimum Gasteiger partial charge on any atom is -0.146 e. The van der Waals surface area contributed by atoms with Crippen LogP contribution in [0.5, 0.6) is 0 Å². The van der Waals surface area contributed by atoms with Crippen molar-refractivity contribution in [3.05, 3.63) is 149 Å². The molecule has 40 heavy (non-hydrogen) atoms. The maximum atomic E-state index is 2.64. The van der Waals surface area contributed by atoms with E-state index in [2.05, 4.69) is 145 Å². The highest BCUT2D eigenvalue weighted by Crippen LogP contribution is 2.62. The molecule has 8 atom stereocenters. The fourth-order valence-corrected chi connectivity index (χ4v) is 11.6. The molecule has 2 saturated heterocycles. The van der Waals surface area contributed by atoms with Gasteiger partial charge in [0.2, 0.25) is 0 Å². The number of fused-ring (bicyclic) bond motifs is 4. The molecule has 0 spiro atoms. The maximum absolute atomic E-state index is 2.64. The van der Waals surface area contributed by atoms with Crippen LogP contribution in [0.25, 0.3) is 5.57 Å². The van der Waals surface area contributed by atoms with E-state index in [0.717, 1.165) is 6.42 Å². The molecule has 1 aromatic carbocycles. The lowest BCUT2D eigenvalue weighted by Crippen LogP contribution is -2.50. The normalized spacial score (nSPS) is 37.1. The van der Waals surface area contributed by atoms with Crippen LogP contribution in [0, 0.1) is 29.6 Å². The lowest BCUT2D eigenvalue weighted by atomic mass is 9.58. The van der Waals surface area contributed by atoms with Crippen LogP contribution in [-0.4, -0.2) is 15.7 Å². The summed E-state index contributed by atoms with van der Waals surface area (Å²) in [6.45, 7) is 0. The highest BCUT2D eigenvalue weighted by atomic mass is 32.2. The molecule has 2 fully saturated rings. The van der Waals surface area contributed by atoms with E-state index >= 15 is 0 Å². The fraction of sp³-hybridized carbons (Fsp3) is 0.316. The largest absolute Gasteiger partial charge is 0.146 e. The van der Waals surface area contributed by atoms with Gasteiger partial charge in [-0.05, 0) is 71.3 Å². The molecule has 0 amide bonds. The first-order chi connectivity index (χ1) is 19.9. The zero-order valence-electron chi connectivity index (χ0n) is 22.8. The highest BCUT2D eigenvalue weighted by Gasteiger charge is 2.54. The minimum atomic E-state index is 0.455. The lowest BCUT2D eigenvalue weighted by molar-refractivity contribution is 0.180. The van der Waals surface area contributed by atoms with Crippen molar-refractivity contribution in [3.8, 4) is 0 Å². The summed E-state index contributed by atoms with van der Waals surface area (Å²) >= 11 is 4.36. The molecule has 1 aromatic rings. The molecule has 0 radical (unpaired) electrons. The van der Waals surface area contributed by atoms with E-state index in [1.165, 1.54) is 30.4 Å². The number of hydrogen-bond acceptors (Lipinski definition) is 2. The van der Waals surface area contributed by atoms with Gasteiger partial charge in [-0.3, -0.25) is 0 Å². The summed E-state index contributed by atoms with van der Waals surface area (Å²) in [5, 5.41) is 1.52. The van der Waals surface area contributed by atoms with Crippen LogP contribution in [0.3, 0.4) is 0 Å². The van der Waals surface area contributed by atoms with Gasteiger partial charge in [-0.1, -0.05) is 121 Å². The third-order valence-corrected chi connectivity index (χ3v) is 13.0. The van der Waals surface area contributed by atoms with E-state index in [1.54, 1.807) is 21.6 Å². The van der Waals surface area contributed by atoms with E-state index < -0.39 is 0 Å². The van der Waals surface area contributed by atoms with Crippen molar-refractivity contribution in [1.82, 2.24) is 0 Å². The van der Waals surface area contributed by atoms with E-state index in [4.69, 9.17) is 0 Å². The zero-order chi connectivity index (χ0) is 26.5. The van der Waals surface area contributed by atoms with Crippen molar-refractivity contribution in [2.24, 2.45) is 29.6 Å². The van der Waals surface area contributed by atoms with Crippen LogP contribution in [0.1, 0.15) is 31.2 Å². The number of thioether (sulfide) groups is 2. The summed E-state index contributed by atoms with van der Waals surface area (Å²) in [5.41, 5.74) is 7.73. The number of hydrogen-bond donors (Lipinski definition) is 0. The third kappa shape index (κ3) is 4.22. The molecule has 2 aliphatic heterocycles. The predicted octanol–water partition coefficient (Wildman–Crippen LogP) is 9.82.